The van der Waals surface area contributed by atoms with Crippen LogP contribution in [-0.4, -0.2) is 17.3 Å². The fourth-order valence-electron chi connectivity index (χ4n) is 5.38. The molecule has 154 valence electrons. The summed E-state index contributed by atoms with van der Waals surface area (Å²) in [6.45, 7) is 5.25. The Kier molecular flexibility index (Phi) is 3.85. The molecule has 1 aliphatic heterocycles. The molecule has 3 heteroatoms. The van der Waals surface area contributed by atoms with Gasteiger partial charge >= 0.3 is 0 Å². The highest BCUT2D eigenvalue weighted by molar-refractivity contribution is 6.02. The molecule has 3 aromatic carbocycles. The number of ether oxygens (including phenoxy) is 2. The zero-order chi connectivity index (χ0) is 21.2. The lowest BCUT2D eigenvalue weighted by molar-refractivity contribution is 0.0893. The van der Waals surface area contributed by atoms with Crippen molar-refractivity contribution >= 4 is 22.6 Å². The van der Waals surface area contributed by atoms with Crippen molar-refractivity contribution in [1.29, 1.82) is 0 Å². The Morgan fingerprint density at radius 2 is 1.74 bits per heavy atom. The average Bonchev–Trinajstić information content (AvgIpc) is 3.31. The van der Waals surface area contributed by atoms with E-state index in [0.717, 1.165) is 23.6 Å². The molecule has 6 rings (SSSR count). The maximum absolute atomic E-state index is 6.58. The summed E-state index contributed by atoms with van der Waals surface area (Å²) >= 11 is 0. The zero-order valence-corrected chi connectivity index (χ0v) is 18.1. The summed E-state index contributed by atoms with van der Waals surface area (Å²) in [6, 6.07) is 25.6. The monoisotopic (exact) mass is 407 g/mol. The first kappa shape index (κ1) is 18.3. The second-order valence-corrected chi connectivity index (χ2v) is 8.99. The van der Waals surface area contributed by atoms with Crippen LogP contribution in [0.2, 0.25) is 0 Å². The van der Waals surface area contributed by atoms with E-state index in [9.17, 15) is 0 Å². The summed E-state index contributed by atoms with van der Waals surface area (Å²) in [6.07, 6.45) is 2.39. The summed E-state index contributed by atoms with van der Waals surface area (Å²) in [5.74, 6) is 1.91. The molecule has 0 fully saturated rings. The van der Waals surface area contributed by atoms with Crippen LogP contribution in [0.25, 0.3) is 22.6 Å². The van der Waals surface area contributed by atoms with Gasteiger partial charge < -0.3 is 14.0 Å². The number of rotatable bonds is 3. The summed E-state index contributed by atoms with van der Waals surface area (Å²) in [5, 5.41) is 1.32. The van der Waals surface area contributed by atoms with E-state index in [1.54, 1.807) is 7.11 Å². The second-order valence-electron chi connectivity index (χ2n) is 8.99. The van der Waals surface area contributed by atoms with Crippen LogP contribution in [0.5, 0.6) is 11.5 Å². The highest BCUT2D eigenvalue weighted by atomic mass is 16.5. The van der Waals surface area contributed by atoms with Gasteiger partial charge in [-0.25, -0.2) is 0 Å². The Morgan fingerprint density at radius 1 is 0.968 bits per heavy atom. The van der Waals surface area contributed by atoms with Crippen LogP contribution in [0, 0.1) is 0 Å². The number of nitrogens with zero attached hydrogens (tertiary/aromatic N) is 1. The van der Waals surface area contributed by atoms with Crippen LogP contribution < -0.4 is 9.47 Å². The maximum Gasteiger partial charge on any atom is 0.131 e. The molecule has 0 unspecified atom stereocenters. The normalized spacial score (nSPS) is 18.0. The molecule has 0 spiro atoms. The number of methoxy groups -OCH3 is 1. The van der Waals surface area contributed by atoms with Crippen molar-refractivity contribution in [2.45, 2.75) is 31.9 Å². The lowest BCUT2D eigenvalue weighted by Crippen LogP contribution is -2.39. The standard InChI is InChI=1S/C28H25NO2/c1-28(2)27-22(20-14-13-19(30-3)15-25(20)31-28)16-24-26(27)21-11-7-8-12-23(21)29(24)17-18-9-5-4-6-10-18/h4-16,27H,17H2,1-3H3/t27-/m0/s1. The molecule has 0 bridgehead atoms. The van der Waals surface area contributed by atoms with Crippen LogP contribution in [0.4, 0.5) is 0 Å². The molecule has 0 amide bonds. The molecule has 3 nitrogen and oxygen atoms in total. The van der Waals surface area contributed by atoms with Crippen LogP contribution in [0.15, 0.2) is 72.8 Å². The third-order valence-electron chi connectivity index (χ3n) is 6.70. The van der Waals surface area contributed by atoms with Crippen molar-refractivity contribution in [2.24, 2.45) is 0 Å². The van der Waals surface area contributed by atoms with Gasteiger partial charge in [-0.15, -0.1) is 0 Å². The Labute approximate surface area is 182 Å². The molecular weight excluding hydrogens is 382 g/mol. The molecular formula is C28H25NO2. The number of hydrogen-bond donors (Lipinski definition) is 0. The SMILES string of the molecule is COc1ccc2c(c1)OC(C)(C)[C@H]1C2=Cc2c1c1ccccc1n2Cc1ccccc1. The molecule has 2 heterocycles. The topological polar surface area (TPSA) is 23.4 Å². The number of para-hydroxylation sites is 1. The fraction of sp³-hybridized carbons (Fsp3) is 0.214. The molecule has 0 radical (unpaired) electrons. The van der Waals surface area contributed by atoms with E-state index in [-0.39, 0.29) is 11.5 Å². The van der Waals surface area contributed by atoms with Crippen molar-refractivity contribution in [2.75, 3.05) is 7.11 Å². The Bertz CT molecular complexity index is 1340. The van der Waals surface area contributed by atoms with Crippen molar-refractivity contribution < 1.29 is 9.47 Å². The predicted molar refractivity (Wildman–Crippen MR) is 126 cm³/mol. The third-order valence-corrected chi connectivity index (χ3v) is 6.70. The summed E-state index contributed by atoms with van der Waals surface area (Å²) < 4.78 is 14.5. The minimum Gasteiger partial charge on any atom is -0.497 e. The molecule has 2 aliphatic rings. The predicted octanol–water partition coefficient (Wildman–Crippen LogP) is 6.51. The van der Waals surface area contributed by atoms with Crippen LogP contribution >= 0.6 is 0 Å². The van der Waals surface area contributed by atoms with E-state index in [1.165, 1.54) is 33.3 Å². The summed E-state index contributed by atoms with van der Waals surface area (Å²) in [7, 11) is 1.70. The van der Waals surface area contributed by atoms with Crippen molar-refractivity contribution in [3.63, 3.8) is 0 Å². The van der Waals surface area contributed by atoms with E-state index < -0.39 is 0 Å². The van der Waals surface area contributed by atoms with Crippen LogP contribution in [-0.2, 0) is 6.54 Å². The molecule has 4 aromatic rings. The molecule has 1 aliphatic carbocycles. The van der Waals surface area contributed by atoms with Gasteiger partial charge in [-0.1, -0.05) is 48.5 Å². The van der Waals surface area contributed by atoms with Gasteiger partial charge in [0.15, 0.2) is 0 Å². The number of hydrogen-bond acceptors (Lipinski definition) is 2. The van der Waals surface area contributed by atoms with E-state index in [4.69, 9.17) is 9.47 Å². The summed E-state index contributed by atoms with van der Waals surface area (Å²) in [4.78, 5) is 0. The molecule has 0 N–H and O–H groups in total. The van der Waals surface area contributed by atoms with Crippen molar-refractivity contribution in [3.8, 4) is 11.5 Å². The fourth-order valence-corrected chi connectivity index (χ4v) is 5.38. The van der Waals surface area contributed by atoms with Gasteiger partial charge in [0, 0.05) is 34.8 Å². The minimum absolute atomic E-state index is 0.185. The highest BCUT2D eigenvalue weighted by Gasteiger charge is 2.47. The van der Waals surface area contributed by atoms with Gasteiger partial charge in [0.1, 0.15) is 17.1 Å². The second kappa shape index (κ2) is 6.52. The Balaban J connectivity index is 1.60. The zero-order valence-electron chi connectivity index (χ0n) is 18.1. The Morgan fingerprint density at radius 3 is 2.55 bits per heavy atom. The third kappa shape index (κ3) is 2.66. The first-order valence-corrected chi connectivity index (χ1v) is 10.8. The number of aromatic nitrogens is 1. The van der Waals surface area contributed by atoms with E-state index in [0.29, 0.717) is 0 Å². The highest BCUT2D eigenvalue weighted by Crippen LogP contribution is 2.57. The largest absolute Gasteiger partial charge is 0.497 e. The van der Waals surface area contributed by atoms with E-state index in [1.807, 2.05) is 12.1 Å². The average molecular weight is 408 g/mol. The molecule has 31 heavy (non-hydrogen) atoms. The van der Waals surface area contributed by atoms with E-state index in [2.05, 4.69) is 85.2 Å². The first-order chi connectivity index (χ1) is 15.1. The smallest absolute Gasteiger partial charge is 0.131 e. The molecule has 1 aromatic heterocycles. The quantitative estimate of drug-likeness (QED) is 0.387. The molecule has 0 saturated heterocycles. The molecule has 0 saturated carbocycles. The van der Waals surface area contributed by atoms with Gasteiger partial charge in [0.2, 0.25) is 0 Å². The minimum atomic E-state index is -0.363. The number of fused-ring (bicyclic) bond motifs is 7. The van der Waals surface area contributed by atoms with Gasteiger partial charge in [-0.05, 0) is 54.8 Å². The maximum atomic E-state index is 6.58. The van der Waals surface area contributed by atoms with Crippen LogP contribution in [0.1, 0.15) is 42.1 Å². The Hall–Kier alpha value is -3.46. The summed E-state index contributed by atoms with van der Waals surface area (Å²) in [5.41, 5.74) is 7.41. The van der Waals surface area contributed by atoms with Gasteiger partial charge in [0.05, 0.1) is 13.0 Å². The first-order valence-electron chi connectivity index (χ1n) is 10.8. The lowest BCUT2D eigenvalue weighted by Gasteiger charge is -2.40. The molecule has 1 atom stereocenters. The van der Waals surface area contributed by atoms with Crippen molar-refractivity contribution in [1.82, 2.24) is 4.57 Å². The number of benzene rings is 3. The van der Waals surface area contributed by atoms with Gasteiger partial charge in [-0.3, -0.25) is 0 Å². The van der Waals surface area contributed by atoms with E-state index >= 15 is 0 Å². The lowest BCUT2D eigenvalue weighted by atomic mass is 9.77. The van der Waals surface area contributed by atoms with Crippen LogP contribution in [0.3, 0.4) is 0 Å². The van der Waals surface area contributed by atoms with Crippen molar-refractivity contribution in [3.05, 3.63) is 95.2 Å². The van der Waals surface area contributed by atoms with Gasteiger partial charge in [-0.2, -0.15) is 0 Å². The van der Waals surface area contributed by atoms with Gasteiger partial charge in [0.25, 0.3) is 0 Å².